The molecule has 156 valence electrons. The van der Waals surface area contributed by atoms with Crippen LogP contribution in [0, 0.1) is 0 Å². The fraction of sp³-hybridized carbons (Fsp3) is 0.273. The number of amides is 2. The molecular weight excluding hydrogens is 398 g/mol. The summed E-state index contributed by atoms with van der Waals surface area (Å²) < 4.78 is 0. The molecule has 1 heterocycles. The molecule has 0 fully saturated rings. The van der Waals surface area contributed by atoms with E-state index in [0.717, 1.165) is 23.0 Å². The second kappa shape index (κ2) is 10.6. The Hall–Kier alpha value is -3.13. The molecule has 30 heavy (non-hydrogen) atoms. The first kappa shape index (κ1) is 21.6. The van der Waals surface area contributed by atoms with Gasteiger partial charge in [-0.3, -0.25) is 9.59 Å². The third-order valence-electron chi connectivity index (χ3n) is 4.27. The number of rotatable bonds is 9. The van der Waals surface area contributed by atoms with Crippen molar-refractivity contribution in [2.24, 2.45) is 0 Å². The average Bonchev–Trinajstić information content (AvgIpc) is 2.76. The normalized spacial score (nSPS) is 11.7. The van der Waals surface area contributed by atoms with E-state index in [-0.39, 0.29) is 17.6 Å². The molecule has 2 aromatic carbocycles. The maximum absolute atomic E-state index is 12.3. The number of nitrogens with one attached hydrogen (secondary N) is 3. The van der Waals surface area contributed by atoms with Crippen LogP contribution in [0.2, 0.25) is 0 Å². The fourth-order valence-corrected chi connectivity index (χ4v) is 3.42. The van der Waals surface area contributed by atoms with Gasteiger partial charge in [0.2, 0.25) is 11.8 Å². The van der Waals surface area contributed by atoms with Gasteiger partial charge in [0, 0.05) is 17.6 Å². The van der Waals surface area contributed by atoms with Gasteiger partial charge in [0.25, 0.3) is 0 Å². The number of thioether (sulfide) groups is 1. The first-order chi connectivity index (χ1) is 14.6. The second-order valence-corrected chi connectivity index (χ2v) is 7.67. The maximum Gasteiger partial charge on any atom is 0.242 e. The lowest BCUT2D eigenvalue weighted by molar-refractivity contribution is -0.127. The van der Waals surface area contributed by atoms with E-state index in [1.165, 1.54) is 11.8 Å². The van der Waals surface area contributed by atoms with Crippen molar-refractivity contribution in [1.29, 1.82) is 0 Å². The molecule has 7 nitrogen and oxygen atoms in total. The molecule has 0 saturated carbocycles. The van der Waals surface area contributed by atoms with Crippen molar-refractivity contribution < 1.29 is 9.59 Å². The molecule has 0 aliphatic rings. The van der Waals surface area contributed by atoms with Crippen molar-refractivity contribution in [3.63, 3.8) is 0 Å². The molecule has 0 aliphatic carbocycles. The molecule has 3 aromatic rings. The van der Waals surface area contributed by atoms with Gasteiger partial charge in [0.05, 0.1) is 11.3 Å². The van der Waals surface area contributed by atoms with Crippen molar-refractivity contribution in [3.05, 3.63) is 54.6 Å². The molecule has 0 aliphatic heterocycles. The quantitative estimate of drug-likeness (QED) is 0.360. The van der Waals surface area contributed by atoms with Gasteiger partial charge in [0.15, 0.2) is 5.16 Å². The Morgan fingerprint density at radius 2 is 1.77 bits per heavy atom. The van der Waals surface area contributed by atoms with Crippen LogP contribution in [0.1, 0.15) is 20.3 Å². The van der Waals surface area contributed by atoms with Gasteiger partial charge in [0.1, 0.15) is 11.9 Å². The highest BCUT2D eigenvalue weighted by Crippen LogP contribution is 2.26. The highest BCUT2D eigenvalue weighted by molar-refractivity contribution is 7.99. The Bertz CT molecular complexity index is 1010. The molecule has 0 radical (unpaired) electrons. The summed E-state index contributed by atoms with van der Waals surface area (Å²) in [5.74, 6) is 0.371. The van der Waals surface area contributed by atoms with E-state index in [0.29, 0.717) is 17.5 Å². The first-order valence-electron chi connectivity index (χ1n) is 9.85. The lowest BCUT2D eigenvalue weighted by Crippen LogP contribution is -2.45. The van der Waals surface area contributed by atoms with Gasteiger partial charge in [-0.25, -0.2) is 9.97 Å². The average molecular weight is 424 g/mol. The smallest absolute Gasteiger partial charge is 0.242 e. The first-order valence-corrected chi connectivity index (χ1v) is 10.8. The molecule has 3 rings (SSSR count). The van der Waals surface area contributed by atoms with Crippen LogP contribution in [-0.2, 0) is 9.59 Å². The molecule has 1 atom stereocenters. The Kier molecular flexibility index (Phi) is 7.62. The topological polar surface area (TPSA) is 96.0 Å². The van der Waals surface area contributed by atoms with Crippen LogP contribution in [0.25, 0.3) is 10.9 Å². The fourth-order valence-electron chi connectivity index (χ4n) is 2.75. The van der Waals surface area contributed by atoms with E-state index >= 15 is 0 Å². The molecule has 1 aromatic heterocycles. The number of hydrogen-bond donors (Lipinski definition) is 3. The minimum atomic E-state index is -0.586. The Morgan fingerprint density at radius 1 is 1.03 bits per heavy atom. The summed E-state index contributed by atoms with van der Waals surface area (Å²) in [6, 6.07) is 16.9. The number of benzene rings is 2. The maximum atomic E-state index is 12.3. The summed E-state index contributed by atoms with van der Waals surface area (Å²) in [6.45, 7) is 4.24. The third kappa shape index (κ3) is 5.93. The zero-order chi connectivity index (χ0) is 21.3. The third-order valence-corrected chi connectivity index (χ3v) is 5.12. The SMILES string of the molecule is CCCNC(=O)[C@H](C)NC(=O)CSc1nc(Nc2ccccc2)c2ccccc2n1. The zero-order valence-corrected chi connectivity index (χ0v) is 17.8. The van der Waals surface area contributed by atoms with Crippen LogP contribution in [0.4, 0.5) is 11.5 Å². The predicted octanol–water partition coefficient (Wildman–Crippen LogP) is 3.50. The lowest BCUT2D eigenvalue weighted by Gasteiger charge is -2.14. The van der Waals surface area contributed by atoms with Crippen molar-refractivity contribution in [1.82, 2.24) is 20.6 Å². The number of fused-ring (bicyclic) bond motifs is 1. The van der Waals surface area contributed by atoms with Crippen LogP contribution in [0.3, 0.4) is 0 Å². The number of anilines is 2. The molecule has 0 spiro atoms. The summed E-state index contributed by atoms with van der Waals surface area (Å²) in [5, 5.41) is 10.2. The van der Waals surface area contributed by atoms with Gasteiger partial charge in [-0.15, -0.1) is 0 Å². The summed E-state index contributed by atoms with van der Waals surface area (Å²) in [6.07, 6.45) is 0.848. The highest BCUT2D eigenvalue weighted by Gasteiger charge is 2.16. The number of aromatic nitrogens is 2. The predicted molar refractivity (Wildman–Crippen MR) is 121 cm³/mol. The van der Waals surface area contributed by atoms with Crippen LogP contribution < -0.4 is 16.0 Å². The van der Waals surface area contributed by atoms with Crippen LogP contribution in [-0.4, -0.2) is 40.1 Å². The monoisotopic (exact) mass is 423 g/mol. The summed E-state index contributed by atoms with van der Waals surface area (Å²) >= 11 is 1.23. The molecule has 0 unspecified atom stereocenters. The van der Waals surface area contributed by atoms with Crippen LogP contribution >= 0.6 is 11.8 Å². The van der Waals surface area contributed by atoms with E-state index < -0.39 is 6.04 Å². The molecule has 8 heteroatoms. The van der Waals surface area contributed by atoms with E-state index in [1.54, 1.807) is 6.92 Å². The summed E-state index contributed by atoms with van der Waals surface area (Å²) in [7, 11) is 0. The Labute approximate surface area is 180 Å². The van der Waals surface area contributed by atoms with Gasteiger partial charge < -0.3 is 16.0 Å². The van der Waals surface area contributed by atoms with Crippen molar-refractivity contribution >= 4 is 46.0 Å². The standard InChI is InChI=1S/C22H25N5O2S/c1-3-13-23-21(29)15(2)24-19(28)14-30-22-26-18-12-8-7-11-17(18)20(27-22)25-16-9-5-4-6-10-16/h4-12,15H,3,13-14H2,1-2H3,(H,23,29)(H,24,28)(H,25,26,27)/t15-/m0/s1. The van der Waals surface area contributed by atoms with Crippen molar-refractivity contribution in [2.75, 3.05) is 17.6 Å². The molecule has 0 saturated heterocycles. The van der Waals surface area contributed by atoms with Crippen LogP contribution in [0.15, 0.2) is 59.8 Å². The summed E-state index contributed by atoms with van der Waals surface area (Å²) in [5.41, 5.74) is 1.71. The largest absolute Gasteiger partial charge is 0.354 e. The van der Waals surface area contributed by atoms with Gasteiger partial charge in [-0.05, 0) is 37.6 Å². The minimum absolute atomic E-state index is 0.120. The van der Waals surface area contributed by atoms with Crippen LogP contribution in [0.5, 0.6) is 0 Å². The van der Waals surface area contributed by atoms with Crippen molar-refractivity contribution in [2.45, 2.75) is 31.5 Å². The van der Waals surface area contributed by atoms with Crippen molar-refractivity contribution in [3.8, 4) is 0 Å². The molecule has 3 N–H and O–H groups in total. The Morgan fingerprint density at radius 3 is 2.53 bits per heavy atom. The van der Waals surface area contributed by atoms with E-state index in [1.807, 2.05) is 61.5 Å². The lowest BCUT2D eigenvalue weighted by atomic mass is 10.2. The highest BCUT2D eigenvalue weighted by atomic mass is 32.2. The molecule has 2 amide bonds. The van der Waals surface area contributed by atoms with Gasteiger partial charge in [-0.2, -0.15) is 0 Å². The number of para-hydroxylation sites is 2. The number of nitrogens with zero attached hydrogens (tertiary/aromatic N) is 2. The summed E-state index contributed by atoms with van der Waals surface area (Å²) in [4.78, 5) is 33.3. The van der Waals surface area contributed by atoms with E-state index in [4.69, 9.17) is 0 Å². The number of hydrogen-bond acceptors (Lipinski definition) is 6. The van der Waals surface area contributed by atoms with E-state index in [2.05, 4.69) is 25.9 Å². The number of carbonyl (C=O) groups excluding carboxylic acids is 2. The minimum Gasteiger partial charge on any atom is -0.354 e. The Balaban J connectivity index is 1.69. The zero-order valence-electron chi connectivity index (χ0n) is 17.0. The number of carbonyl (C=O) groups is 2. The van der Waals surface area contributed by atoms with Gasteiger partial charge >= 0.3 is 0 Å². The molecule has 0 bridgehead atoms. The second-order valence-electron chi connectivity index (χ2n) is 6.73. The van der Waals surface area contributed by atoms with Gasteiger partial charge in [-0.1, -0.05) is 49.0 Å². The van der Waals surface area contributed by atoms with E-state index in [9.17, 15) is 9.59 Å². The molecular formula is C22H25N5O2S.